The molecular formula is C21H22N6O5S. The Morgan fingerprint density at radius 3 is 2.70 bits per heavy atom. The molecule has 0 aliphatic carbocycles. The van der Waals surface area contributed by atoms with Crippen molar-refractivity contribution in [3.05, 3.63) is 70.0 Å². The summed E-state index contributed by atoms with van der Waals surface area (Å²) in [5, 5.41) is 25.2. The van der Waals surface area contributed by atoms with E-state index < -0.39 is 10.8 Å². The van der Waals surface area contributed by atoms with Gasteiger partial charge in [0.05, 0.1) is 30.0 Å². The number of benzene rings is 2. The number of ether oxygens (including phenoxy) is 1. The third-order valence-electron chi connectivity index (χ3n) is 4.55. The van der Waals surface area contributed by atoms with E-state index in [2.05, 4.69) is 20.8 Å². The maximum Gasteiger partial charge on any atom is 0.270 e. The molecule has 0 saturated heterocycles. The number of nitrogens with one attached hydrogen (secondary N) is 2. The standard InChI is InChI=1S/C21H22N6O5S/c1-3-26-18(12-22-20(29)14-7-6-8-15(11-14)27(30)31)24-25-21(26)33-13-19(28)23-16-9-4-5-10-17(16)32-2/h4-11H,3,12-13H2,1-2H3,(H,22,29)(H,23,28). The minimum absolute atomic E-state index is 0.0797. The molecule has 33 heavy (non-hydrogen) atoms. The van der Waals surface area contributed by atoms with Crippen LogP contribution in [-0.2, 0) is 17.9 Å². The molecule has 0 spiro atoms. The summed E-state index contributed by atoms with van der Waals surface area (Å²) in [7, 11) is 1.53. The lowest BCUT2D eigenvalue weighted by atomic mass is 10.2. The van der Waals surface area contributed by atoms with Gasteiger partial charge in [-0.1, -0.05) is 30.0 Å². The molecule has 12 heteroatoms. The summed E-state index contributed by atoms with van der Waals surface area (Å²) >= 11 is 1.22. The van der Waals surface area contributed by atoms with Crippen LogP contribution < -0.4 is 15.4 Å². The number of nitrogens with zero attached hydrogens (tertiary/aromatic N) is 4. The van der Waals surface area contributed by atoms with E-state index in [-0.39, 0.29) is 29.5 Å². The average Bonchev–Trinajstić information content (AvgIpc) is 3.23. The topological polar surface area (TPSA) is 141 Å². The first-order chi connectivity index (χ1) is 15.9. The zero-order valence-corrected chi connectivity index (χ0v) is 18.8. The fourth-order valence-corrected chi connectivity index (χ4v) is 3.78. The molecule has 2 amide bonds. The number of nitro groups is 1. The van der Waals surface area contributed by atoms with E-state index in [0.717, 1.165) is 0 Å². The Morgan fingerprint density at radius 1 is 1.18 bits per heavy atom. The number of hydrogen-bond donors (Lipinski definition) is 2. The number of nitro benzene ring substituents is 1. The Morgan fingerprint density at radius 2 is 1.97 bits per heavy atom. The summed E-state index contributed by atoms with van der Waals surface area (Å²) in [5.74, 6) is 0.486. The van der Waals surface area contributed by atoms with Crippen LogP contribution in [0.2, 0.25) is 0 Å². The zero-order chi connectivity index (χ0) is 23.8. The summed E-state index contributed by atoms with van der Waals surface area (Å²) in [6.45, 7) is 2.51. The van der Waals surface area contributed by atoms with Gasteiger partial charge in [0.15, 0.2) is 11.0 Å². The van der Waals surface area contributed by atoms with Gasteiger partial charge in [-0.05, 0) is 25.1 Å². The van der Waals surface area contributed by atoms with Gasteiger partial charge in [-0.3, -0.25) is 19.7 Å². The Bertz CT molecular complexity index is 1170. The molecule has 2 N–H and O–H groups in total. The van der Waals surface area contributed by atoms with Crippen LogP contribution in [0.1, 0.15) is 23.1 Å². The number of anilines is 1. The Kier molecular flexibility index (Phi) is 7.97. The number of aromatic nitrogens is 3. The first-order valence-electron chi connectivity index (χ1n) is 9.93. The lowest BCUT2D eigenvalue weighted by Gasteiger charge is -2.10. The van der Waals surface area contributed by atoms with E-state index in [0.29, 0.717) is 29.0 Å². The number of thioether (sulfide) groups is 1. The monoisotopic (exact) mass is 470 g/mol. The number of carbonyl (C=O) groups is 2. The van der Waals surface area contributed by atoms with Crippen molar-refractivity contribution < 1.29 is 19.2 Å². The highest BCUT2D eigenvalue weighted by Gasteiger charge is 2.16. The van der Waals surface area contributed by atoms with Gasteiger partial charge < -0.3 is 19.9 Å². The average molecular weight is 471 g/mol. The summed E-state index contributed by atoms with van der Waals surface area (Å²) in [4.78, 5) is 35.1. The summed E-state index contributed by atoms with van der Waals surface area (Å²) in [6, 6.07) is 12.6. The zero-order valence-electron chi connectivity index (χ0n) is 18.0. The molecule has 172 valence electrons. The first kappa shape index (κ1) is 23.7. The van der Waals surface area contributed by atoms with E-state index in [9.17, 15) is 19.7 Å². The molecule has 2 aromatic carbocycles. The van der Waals surface area contributed by atoms with E-state index >= 15 is 0 Å². The molecule has 0 fully saturated rings. The van der Waals surface area contributed by atoms with Gasteiger partial charge in [0, 0.05) is 24.2 Å². The minimum atomic E-state index is -0.558. The Labute approximate surface area is 193 Å². The van der Waals surface area contributed by atoms with Crippen LogP contribution in [0.4, 0.5) is 11.4 Å². The van der Waals surface area contributed by atoms with Crippen molar-refractivity contribution in [2.24, 2.45) is 0 Å². The number of hydrogen-bond acceptors (Lipinski definition) is 8. The van der Waals surface area contributed by atoms with Crippen LogP contribution >= 0.6 is 11.8 Å². The summed E-state index contributed by atoms with van der Waals surface area (Å²) < 4.78 is 7.02. The van der Waals surface area contributed by atoms with E-state index in [1.54, 1.807) is 22.8 Å². The van der Waals surface area contributed by atoms with Crippen LogP contribution in [0, 0.1) is 10.1 Å². The summed E-state index contributed by atoms with van der Waals surface area (Å²) in [5.41, 5.74) is 0.589. The molecule has 0 bridgehead atoms. The largest absolute Gasteiger partial charge is 0.495 e. The van der Waals surface area contributed by atoms with Gasteiger partial charge in [0.25, 0.3) is 11.6 Å². The molecule has 1 aromatic heterocycles. The summed E-state index contributed by atoms with van der Waals surface area (Å²) in [6.07, 6.45) is 0. The van der Waals surface area contributed by atoms with Gasteiger partial charge in [-0.15, -0.1) is 10.2 Å². The van der Waals surface area contributed by atoms with Gasteiger partial charge >= 0.3 is 0 Å². The molecule has 0 unspecified atom stereocenters. The maximum atomic E-state index is 12.4. The number of rotatable bonds is 10. The second kappa shape index (κ2) is 11.1. The third-order valence-corrected chi connectivity index (χ3v) is 5.52. The number of para-hydroxylation sites is 2. The molecule has 1 heterocycles. The fraction of sp³-hybridized carbons (Fsp3) is 0.238. The number of methoxy groups -OCH3 is 1. The van der Waals surface area contributed by atoms with Gasteiger partial charge in [-0.25, -0.2) is 0 Å². The SMILES string of the molecule is CCn1c(CNC(=O)c2cccc([N+](=O)[O-])c2)nnc1SCC(=O)Nc1ccccc1OC. The van der Waals surface area contributed by atoms with Crippen molar-refractivity contribution in [3.63, 3.8) is 0 Å². The molecule has 11 nitrogen and oxygen atoms in total. The molecule has 0 aliphatic heterocycles. The molecule has 0 aliphatic rings. The van der Waals surface area contributed by atoms with E-state index in [1.165, 1.54) is 43.1 Å². The molecule has 3 aromatic rings. The predicted molar refractivity (Wildman–Crippen MR) is 122 cm³/mol. The Hall–Kier alpha value is -3.93. The first-order valence-corrected chi connectivity index (χ1v) is 10.9. The lowest BCUT2D eigenvalue weighted by molar-refractivity contribution is -0.384. The van der Waals surface area contributed by atoms with Gasteiger partial charge in [0.2, 0.25) is 5.91 Å². The van der Waals surface area contributed by atoms with E-state index in [1.807, 2.05) is 13.0 Å². The number of amides is 2. The maximum absolute atomic E-state index is 12.4. The van der Waals surface area contributed by atoms with Crippen LogP contribution in [0.3, 0.4) is 0 Å². The highest BCUT2D eigenvalue weighted by molar-refractivity contribution is 7.99. The van der Waals surface area contributed by atoms with Crippen molar-refractivity contribution >= 4 is 35.0 Å². The van der Waals surface area contributed by atoms with Crippen molar-refractivity contribution in [2.45, 2.75) is 25.2 Å². The second-order valence-electron chi connectivity index (χ2n) is 6.67. The molecule has 0 saturated carbocycles. The lowest BCUT2D eigenvalue weighted by Crippen LogP contribution is -2.25. The quantitative estimate of drug-likeness (QED) is 0.262. The second-order valence-corrected chi connectivity index (χ2v) is 7.61. The fourth-order valence-electron chi connectivity index (χ4n) is 2.96. The predicted octanol–water partition coefficient (Wildman–Crippen LogP) is 2.88. The molecule has 3 rings (SSSR count). The van der Waals surface area contributed by atoms with Crippen LogP contribution in [0.15, 0.2) is 53.7 Å². The highest BCUT2D eigenvalue weighted by atomic mass is 32.2. The van der Waals surface area contributed by atoms with Gasteiger partial charge in [0.1, 0.15) is 5.75 Å². The normalized spacial score (nSPS) is 10.5. The Balaban J connectivity index is 1.59. The molecule has 0 atom stereocenters. The van der Waals surface area contributed by atoms with Crippen molar-refractivity contribution in [2.75, 3.05) is 18.2 Å². The third kappa shape index (κ3) is 6.07. The van der Waals surface area contributed by atoms with Crippen LogP contribution in [-0.4, -0.2) is 44.4 Å². The molecule has 0 radical (unpaired) electrons. The van der Waals surface area contributed by atoms with Crippen molar-refractivity contribution in [3.8, 4) is 5.75 Å². The minimum Gasteiger partial charge on any atom is -0.495 e. The van der Waals surface area contributed by atoms with Crippen LogP contribution in [0.5, 0.6) is 5.75 Å². The molecular weight excluding hydrogens is 448 g/mol. The van der Waals surface area contributed by atoms with E-state index in [4.69, 9.17) is 4.74 Å². The van der Waals surface area contributed by atoms with Crippen LogP contribution in [0.25, 0.3) is 0 Å². The van der Waals surface area contributed by atoms with Gasteiger partial charge in [-0.2, -0.15) is 0 Å². The highest BCUT2D eigenvalue weighted by Crippen LogP contribution is 2.24. The number of non-ortho nitro benzene ring substituents is 1. The number of carbonyl (C=O) groups excluding carboxylic acids is 2. The van der Waals surface area contributed by atoms with Crippen molar-refractivity contribution in [1.29, 1.82) is 0 Å². The van der Waals surface area contributed by atoms with Crippen molar-refractivity contribution in [1.82, 2.24) is 20.1 Å². The smallest absolute Gasteiger partial charge is 0.270 e.